The fourth-order valence-corrected chi connectivity index (χ4v) is 5.83. The zero-order valence-corrected chi connectivity index (χ0v) is 20.7. The molecule has 11 heteroatoms. The van der Waals surface area contributed by atoms with Crippen LogP contribution in [0.25, 0.3) is 32.9 Å². The number of phenols is 1. The summed E-state index contributed by atoms with van der Waals surface area (Å²) in [5.74, 6) is -0.971. The minimum absolute atomic E-state index is 0.00234. The highest BCUT2D eigenvalue weighted by molar-refractivity contribution is 6.00. The molecule has 6 rings (SSSR count). The van der Waals surface area contributed by atoms with Gasteiger partial charge in [0.25, 0.3) is 0 Å². The molecule has 4 aromatic rings. The quantitative estimate of drug-likeness (QED) is 0.411. The lowest BCUT2D eigenvalue weighted by molar-refractivity contribution is -0.134. The first kappa shape index (κ1) is 24.2. The van der Waals surface area contributed by atoms with Gasteiger partial charge in [0.15, 0.2) is 5.82 Å². The van der Waals surface area contributed by atoms with Crippen LogP contribution in [0.1, 0.15) is 19.3 Å². The van der Waals surface area contributed by atoms with Crippen molar-refractivity contribution in [2.45, 2.75) is 31.3 Å². The average molecular weight is 521 g/mol. The van der Waals surface area contributed by atoms with Crippen LogP contribution in [-0.2, 0) is 4.79 Å². The fourth-order valence-electron chi connectivity index (χ4n) is 5.83. The maximum absolute atomic E-state index is 16.1. The summed E-state index contributed by atoms with van der Waals surface area (Å²) in [7, 11) is 1.40. The zero-order chi connectivity index (χ0) is 26.6. The molecule has 2 fully saturated rings. The van der Waals surface area contributed by atoms with Crippen LogP contribution in [0.4, 0.5) is 14.6 Å². The van der Waals surface area contributed by atoms with Crippen molar-refractivity contribution in [2.75, 3.05) is 31.6 Å². The van der Waals surface area contributed by atoms with E-state index in [1.165, 1.54) is 37.6 Å². The monoisotopic (exact) mass is 520 g/mol. The van der Waals surface area contributed by atoms with Gasteiger partial charge in [-0.1, -0.05) is 12.1 Å². The summed E-state index contributed by atoms with van der Waals surface area (Å²) in [6.07, 6.45) is 3.50. The van der Waals surface area contributed by atoms with Crippen LogP contribution in [0.5, 0.6) is 11.8 Å². The molecule has 0 saturated carbocycles. The van der Waals surface area contributed by atoms with Gasteiger partial charge in [-0.05, 0) is 36.4 Å². The first-order valence-electron chi connectivity index (χ1n) is 12.5. The zero-order valence-electron chi connectivity index (χ0n) is 20.7. The topological polar surface area (TPSA) is 118 Å². The number of nitrogens with two attached hydrogens (primary N) is 1. The maximum atomic E-state index is 16.1. The molecule has 1 amide bonds. The molecule has 0 spiro atoms. The first-order valence-corrected chi connectivity index (χ1v) is 12.5. The standard InChI is InChI=1S/C27H26F2N6O3/c1-38-27-32-25-19(26(33-27)34-12-15-5-6-16(13-34)35(15)21(37)7-8-30)11-31-24(23(25)29)18-10-17(36)9-14-3-2-4-20(28)22(14)18/h2-4,9-11,15-16,36H,5-8,12-13,30H2,1H3. The molecule has 0 radical (unpaired) electrons. The molecule has 196 valence electrons. The smallest absolute Gasteiger partial charge is 0.318 e. The lowest BCUT2D eigenvalue weighted by atomic mass is 9.99. The summed E-state index contributed by atoms with van der Waals surface area (Å²) in [6, 6.07) is 7.11. The third-order valence-electron chi connectivity index (χ3n) is 7.42. The second-order valence-corrected chi connectivity index (χ2v) is 9.68. The highest BCUT2D eigenvalue weighted by Crippen LogP contribution is 2.39. The van der Waals surface area contributed by atoms with Crippen molar-refractivity contribution in [1.29, 1.82) is 0 Å². The summed E-state index contributed by atoms with van der Waals surface area (Å²) in [4.78, 5) is 29.8. The number of anilines is 1. The Morgan fingerprint density at radius 1 is 1.18 bits per heavy atom. The van der Waals surface area contributed by atoms with Crippen LogP contribution < -0.4 is 15.4 Å². The van der Waals surface area contributed by atoms with Crippen LogP contribution in [0.15, 0.2) is 36.5 Å². The number of aromatic hydroxyl groups is 1. The number of amides is 1. The van der Waals surface area contributed by atoms with Crippen molar-refractivity contribution in [3.05, 3.63) is 48.2 Å². The van der Waals surface area contributed by atoms with Gasteiger partial charge < -0.3 is 25.4 Å². The molecule has 2 saturated heterocycles. The molecule has 2 unspecified atom stereocenters. The number of pyridine rings is 1. The minimum atomic E-state index is -0.778. The Balaban J connectivity index is 1.47. The van der Waals surface area contributed by atoms with E-state index >= 15 is 4.39 Å². The fraction of sp³-hybridized carbons (Fsp3) is 0.333. The summed E-state index contributed by atoms with van der Waals surface area (Å²) in [5.41, 5.74) is 5.55. The molecule has 0 aliphatic carbocycles. The number of rotatable bonds is 5. The SMILES string of the molecule is COc1nc(N2CC3CCC(C2)N3C(=O)CCN)c2cnc(-c3cc(O)cc4cccc(F)c34)c(F)c2n1. The second kappa shape index (κ2) is 9.32. The normalized spacial score (nSPS) is 18.9. The van der Waals surface area contributed by atoms with E-state index in [1.807, 2.05) is 9.80 Å². The second-order valence-electron chi connectivity index (χ2n) is 9.68. The molecule has 9 nitrogen and oxygen atoms in total. The molecule has 3 N–H and O–H groups in total. The summed E-state index contributed by atoms with van der Waals surface area (Å²) in [5, 5.41) is 11.2. The van der Waals surface area contributed by atoms with E-state index in [0.717, 1.165) is 12.8 Å². The van der Waals surface area contributed by atoms with Crippen molar-refractivity contribution in [1.82, 2.24) is 19.9 Å². The third-order valence-corrected chi connectivity index (χ3v) is 7.42. The van der Waals surface area contributed by atoms with Gasteiger partial charge in [0.1, 0.15) is 28.6 Å². The van der Waals surface area contributed by atoms with Gasteiger partial charge in [0.2, 0.25) is 5.91 Å². The molecule has 38 heavy (non-hydrogen) atoms. The third kappa shape index (κ3) is 3.85. The number of hydrogen-bond acceptors (Lipinski definition) is 8. The van der Waals surface area contributed by atoms with Crippen molar-refractivity contribution in [2.24, 2.45) is 5.73 Å². The summed E-state index contributed by atoms with van der Waals surface area (Å²) >= 11 is 0. The van der Waals surface area contributed by atoms with Gasteiger partial charge >= 0.3 is 6.01 Å². The highest BCUT2D eigenvalue weighted by atomic mass is 19.1. The van der Waals surface area contributed by atoms with Gasteiger partial charge in [-0.25, -0.2) is 8.78 Å². The summed E-state index contributed by atoms with van der Waals surface area (Å²) in [6.45, 7) is 1.35. The number of ether oxygens (including phenoxy) is 1. The lowest BCUT2D eigenvalue weighted by Gasteiger charge is -2.42. The van der Waals surface area contributed by atoms with Gasteiger partial charge in [-0.15, -0.1) is 0 Å². The molecule has 2 bridgehead atoms. The number of benzene rings is 2. The number of nitrogens with zero attached hydrogens (tertiary/aromatic N) is 5. The molecular weight excluding hydrogens is 494 g/mol. The number of carbonyl (C=O) groups is 1. The molecular formula is C27H26F2N6O3. The number of hydrogen-bond donors (Lipinski definition) is 2. The van der Waals surface area contributed by atoms with Crippen molar-refractivity contribution in [3.8, 4) is 23.0 Å². The van der Waals surface area contributed by atoms with Crippen molar-refractivity contribution < 1.29 is 23.4 Å². The van der Waals surface area contributed by atoms with Crippen LogP contribution in [0.2, 0.25) is 0 Å². The van der Waals surface area contributed by atoms with Gasteiger partial charge in [0, 0.05) is 55.3 Å². The lowest BCUT2D eigenvalue weighted by Crippen LogP contribution is -2.56. The van der Waals surface area contributed by atoms with E-state index in [1.54, 1.807) is 6.07 Å². The number of halogens is 2. The Kier molecular flexibility index (Phi) is 5.94. The molecule has 2 atom stereocenters. The number of aromatic nitrogens is 3. The first-order chi connectivity index (χ1) is 18.4. The Morgan fingerprint density at radius 2 is 1.95 bits per heavy atom. The number of phenolic OH excluding ortho intramolecular Hbond substituents is 1. The van der Waals surface area contributed by atoms with Crippen LogP contribution in [0, 0.1) is 11.6 Å². The van der Waals surface area contributed by atoms with E-state index in [-0.39, 0.29) is 51.9 Å². The van der Waals surface area contributed by atoms with E-state index in [2.05, 4.69) is 15.0 Å². The number of fused-ring (bicyclic) bond motifs is 4. The number of methoxy groups -OCH3 is 1. The molecule has 4 heterocycles. The number of carbonyl (C=O) groups excluding carboxylic acids is 1. The van der Waals surface area contributed by atoms with Crippen molar-refractivity contribution >= 4 is 33.4 Å². The Labute approximate surface area is 216 Å². The Morgan fingerprint density at radius 3 is 2.66 bits per heavy atom. The van der Waals surface area contributed by atoms with Crippen LogP contribution in [-0.4, -0.2) is 69.7 Å². The highest BCUT2D eigenvalue weighted by Gasteiger charge is 2.43. The molecule has 2 aliphatic rings. The average Bonchev–Trinajstić information content (AvgIpc) is 3.17. The number of piperazine rings is 1. The predicted octanol–water partition coefficient (Wildman–Crippen LogP) is 3.37. The molecule has 2 aromatic carbocycles. The minimum Gasteiger partial charge on any atom is -0.508 e. The van der Waals surface area contributed by atoms with Crippen LogP contribution in [0.3, 0.4) is 0 Å². The Bertz CT molecular complexity index is 1570. The van der Waals surface area contributed by atoms with Crippen molar-refractivity contribution in [3.63, 3.8) is 0 Å². The van der Waals surface area contributed by atoms with E-state index in [4.69, 9.17) is 10.5 Å². The van der Waals surface area contributed by atoms with E-state index in [9.17, 15) is 14.3 Å². The molecule has 2 aliphatic heterocycles. The largest absolute Gasteiger partial charge is 0.508 e. The van der Waals surface area contributed by atoms with Gasteiger partial charge in [-0.3, -0.25) is 9.78 Å². The summed E-state index contributed by atoms with van der Waals surface area (Å²) < 4.78 is 36.3. The molecule has 2 aromatic heterocycles. The van der Waals surface area contributed by atoms with Gasteiger partial charge in [0.05, 0.1) is 12.5 Å². The Hall–Kier alpha value is -4.12. The van der Waals surface area contributed by atoms with E-state index in [0.29, 0.717) is 42.6 Å². The van der Waals surface area contributed by atoms with E-state index < -0.39 is 11.6 Å². The maximum Gasteiger partial charge on any atom is 0.318 e. The van der Waals surface area contributed by atoms with Gasteiger partial charge in [-0.2, -0.15) is 9.97 Å². The van der Waals surface area contributed by atoms with Crippen LogP contribution >= 0.6 is 0 Å². The predicted molar refractivity (Wildman–Crippen MR) is 138 cm³/mol.